The molecule has 1 amide bonds. The highest BCUT2D eigenvalue weighted by Crippen LogP contribution is 2.25. The van der Waals surface area contributed by atoms with Crippen LogP contribution in [0.1, 0.15) is 29.4 Å². The van der Waals surface area contributed by atoms with Crippen molar-refractivity contribution < 1.29 is 4.79 Å². The van der Waals surface area contributed by atoms with Gasteiger partial charge in [-0.25, -0.2) is 0 Å². The number of pyridine rings is 1. The van der Waals surface area contributed by atoms with Crippen LogP contribution in [0, 0.1) is 12.8 Å². The molecule has 1 aliphatic rings. The van der Waals surface area contributed by atoms with Gasteiger partial charge in [-0.3, -0.25) is 9.78 Å². The van der Waals surface area contributed by atoms with Gasteiger partial charge in [0.2, 0.25) is 0 Å². The standard InChI is InChI=1S/C16H17BrN2O/c1-10-5-6-19(9-10)16(20)14-7-11(2)18-15-8-12(17)3-4-13(14)15/h3-4,7-8,10H,5-6,9H2,1-2H3. The Morgan fingerprint density at radius 2 is 2.20 bits per heavy atom. The lowest BCUT2D eigenvalue weighted by molar-refractivity contribution is 0.0790. The maximum absolute atomic E-state index is 12.7. The lowest BCUT2D eigenvalue weighted by Crippen LogP contribution is -2.28. The van der Waals surface area contributed by atoms with Gasteiger partial charge in [0.25, 0.3) is 5.91 Å². The van der Waals surface area contributed by atoms with E-state index in [9.17, 15) is 4.79 Å². The molecule has 0 bridgehead atoms. The number of likely N-dealkylation sites (tertiary alicyclic amines) is 1. The molecule has 3 rings (SSSR count). The first-order chi connectivity index (χ1) is 9.54. The van der Waals surface area contributed by atoms with Gasteiger partial charge in [0, 0.05) is 28.6 Å². The second-order valence-corrected chi connectivity index (χ2v) is 6.53. The minimum Gasteiger partial charge on any atom is -0.338 e. The molecular weight excluding hydrogens is 316 g/mol. The summed E-state index contributed by atoms with van der Waals surface area (Å²) >= 11 is 3.46. The highest BCUT2D eigenvalue weighted by atomic mass is 79.9. The van der Waals surface area contributed by atoms with Crippen molar-refractivity contribution in [2.24, 2.45) is 5.92 Å². The summed E-state index contributed by atoms with van der Waals surface area (Å²) < 4.78 is 0.983. The van der Waals surface area contributed by atoms with Crippen molar-refractivity contribution in [1.82, 2.24) is 9.88 Å². The van der Waals surface area contributed by atoms with Gasteiger partial charge < -0.3 is 4.90 Å². The molecule has 4 heteroatoms. The summed E-state index contributed by atoms with van der Waals surface area (Å²) in [5.41, 5.74) is 2.52. The number of fused-ring (bicyclic) bond motifs is 1. The zero-order chi connectivity index (χ0) is 14.3. The maximum atomic E-state index is 12.7. The summed E-state index contributed by atoms with van der Waals surface area (Å²) in [5.74, 6) is 0.731. The lowest BCUT2D eigenvalue weighted by atomic mass is 10.1. The number of rotatable bonds is 1. The number of hydrogen-bond donors (Lipinski definition) is 0. The van der Waals surface area contributed by atoms with Crippen molar-refractivity contribution >= 4 is 32.7 Å². The molecule has 20 heavy (non-hydrogen) atoms. The molecule has 1 atom stereocenters. The van der Waals surface area contributed by atoms with E-state index in [0.29, 0.717) is 5.92 Å². The quantitative estimate of drug-likeness (QED) is 0.796. The van der Waals surface area contributed by atoms with E-state index in [0.717, 1.165) is 46.1 Å². The van der Waals surface area contributed by atoms with E-state index < -0.39 is 0 Å². The molecule has 1 aromatic heterocycles. The van der Waals surface area contributed by atoms with Crippen LogP contribution in [-0.4, -0.2) is 28.9 Å². The smallest absolute Gasteiger partial charge is 0.254 e. The van der Waals surface area contributed by atoms with Gasteiger partial charge in [-0.05, 0) is 37.5 Å². The summed E-state index contributed by atoms with van der Waals surface area (Å²) in [6, 6.07) is 7.80. The van der Waals surface area contributed by atoms with Crippen molar-refractivity contribution in [2.75, 3.05) is 13.1 Å². The van der Waals surface area contributed by atoms with E-state index in [4.69, 9.17) is 0 Å². The summed E-state index contributed by atoms with van der Waals surface area (Å²) in [4.78, 5) is 19.2. The minimum absolute atomic E-state index is 0.132. The predicted molar refractivity (Wildman–Crippen MR) is 83.9 cm³/mol. The number of aromatic nitrogens is 1. The van der Waals surface area contributed by atoms with Gasteiger partial charge in [0.15, 0.2) is 0 Å². The molecular formula is C16H17BrN2O. The number of aryl methyl sites for hydroxylation is 1. The maximum Gasteiger partial charge on any atom is 0.254 e. The molecule has 0 aliphatic carbocycles. The van der Waals surface area contributed by atoms with E-state index in [1.54, 1.807) is 0 Å². The number of halogens is 1. The second-order valence-electron chi connectivity index (χ2n) is 5.62. The SMILES string of the molecule is Cc1cc(C(=O)N2CCC(C)C2)c2ccc(Br)cc2n1. The Morgan fingerprint density at radius 1 is 1.40 bits per heavy atom. The van der Waals surface area contributed by atoms with Crippen LogP contribution in [0.5, 0.6) is 0 Å². The van der Waals surface area contributed by atoms with Gasteiger partial charge in [-0.2, -0.15) is 0 Å². The Bertz CT molecular complexity index is 678. The Labute approximate surface area is 127 Å². The third-order valence-corrected chi connectivity index (χ3v) is 4.33. The Morgan fingerprint density at radius 3 is 2.90 bits per heavy atom. The molecule has 0 spiro atoms. The van der Waals surface area contributed by atoms with Crippen LogP contribution in [0.15, 0.2) is 28.7 Å². The van der Waals surface area contributed by atoms with Crippen LogP contribution in [0.2, 0.25) is 0 Å². The molecule has 1 unspecified atom stereocenters. The van der Waals surface area contributed by atoms with Gasteiger partial charge >= 0.3 is 0 Å². The molecule has 2 aromatic rings. The largest absolute Gasteiger partial charge is 0.338 e. The van der Waals surface area contributed by atoms with Gasteiger partial charge in [0.1, 0.15) is 0 Å². The first-order valence-corrected chi connectivity index (χ1v) is 7.70. The number of carbonyl (C=O) groups excluding carboxylic acids is 1. The summed E-state index contributed by atoms with van der Waals surface area (Å²) in [6.45, 7) is 5.85. The fraction of sp³-hybridized carbons (Fsp3) is 0.375. The first-order valence-electron chi connectivity index (χ1n) is 6.91. The van der Waals surface area contributed by atoms with Gasteiger partial charge in [-0.15, -0.1) is 0 Å². The Kier molecular flexibility index (Phi) is 3.50. The van der Waals surface area contributed by atoms with Crippen LogP contribution in [-0.2, 0) is 0 Å². The molecule has 1 aromatic carbocycles. The van der Waals surface area contributed by atoms with Crippen molar-refractivity contribution in [3.63, 3.8) is 0 Å². The van der Waals surface area contributed by atoms with E-state index in [1.165, 1.54) is 0 Å². The third kappa shape index (κ3) is 2.44. The molecule has 2 heterocycles. The number of carbonyl (C=O) groups is 1. The topological polar surface area (TPSA) is 33.2 Å². The Balaban J connectivity index is 2.08. The molecule has 3 nitrogen and oxygen atoms in total. The zero-order valence-electron chi connectivity index (χ0n) is 11.7. The highest BCUT2D eigenvalue weighted by molar-refractivity contribution is 9.10. The highest BCUT2D eigenvalue weighted by Gasteiger charge is 2.25. The normalized spacial score (nSPS) is 18.8. The van der Waals surface area contributed by atoms with Crippen LogP contribution < -0.4 is 0 Å². The molecule has 1 fully saturated rings. The summed E-state index contributed by atoms with van der Waals surface area (Å²) in [6.07, 6.45) is 1.10. The van der Waals surface area contributed by atoms with Crippen molar-refractivity contribution in [3.8, 4) is 0 Å². The molecule has 1 saturated heterocycles. The van der Waals surface area contributed by atoms with E-state index in [-0.39, 0.29) is 5.91 Å². The van der Waals surface area contributed by atoms with E-state index in [1.807, 2.05) is 36.1 Å². The number of nitrogens with zero attached hydrogens (tertiary/aromatic N) is 2. The molecule has 0 N–H and O–H groups in total. The predicted octanol–water partition coefficient (Wildman–Crippen LogP) is 3.79. The second kappa shape index (κ2) is 5.17. The van der Waals surface area contributed by atoms with Crippen LogP contribution in [0.3, 0.4) is 0 Å². The third-order valence-electron chi connectivity index (χ3n) is 3.84. The average molecular weight is 333 g/mol. The first kappa shape index (κ1) is 13.6. The number of benzene rings is 1. The zero-order valence-corrected chi connectivity index (χ0v) is 13.3. The fourth-order valence-electron chi connectivity index (χ4n) is 2.80. The number of amides is 1. The van der Waals surface area contributed by atoms with Crippen LogP contribution in [0.25, 0.3) is 10.9 Å². The van der Waals surface area contributed by atoms with E-state index in [2.05, 4.69) is 27.8 Å². The van der Waals surface area contributed by atoms with E-state index >= 15 is 0 Å². The van der Waals surface area contributed by atoms with Crippen LogP contribution >= 0.6 is 15.9 Å². The van der Waals surface area contributed by atoms with Gasteiger partial charge in [0.05, 0.1) is 11.1 Å². The minimum atomic E-state index is 0.132. The van der Waals surface area contributed by atoms with Crippen molar-refractivity contribution in [1.29, 1.82) is 0 Å². The van der Waals surface area contributed by atoms with Crippen LogP contribution in [0.4, 0.5) is 0 Å². The molecule has 104 valence electrons. The average Bonchev–Trinajstić information content (AvgIpc) is 2.83. The monoisotopic (exact) mass is 332 g/mol. The molecule has 1 aliphatic heterocycles. The molecule has 0 saturated carbocycles. The van der Waals surface area contributed by atoms with Crippen molar-refractivity contribution in [2.45, 2.75) is 20.3 Å². The summed E-state index contributed by atoms with van der Waals surface area (Å²) in [7, 11) is 0. The summed E-state index contributed by atoms with van der Waals surface area (Å²) in [5, 5.41) is 0.934. The lowest BCUT2D eigenvalue weighted by Gasteiger charge is -2.17. The Hall–Kier alpha value is -1.42. The fourth-order valence-corrected chi connectivity index (χ4v) is 3.15. The van der Waals surface area contributed by atoms with Crippen molar-refractivity contribution in [3.05, 3.63) is 40.0 Å². The van der Waals surface area contributed by atoms with Gasteiger partial charge in [-0.1, -0.05) is 28.9 Å². The number of hydrogen-bond acceptors (Lipinski definition) is 2. The molecule has 0 radical (unpaired) electrons.